The van der Waals surface area contributed by atoms with E-state index in [-0.39, 0.29) is 17.6 Å². The Bertz CT molecular complexity index is 777. The van der Waals surface area contributed by atoms with Crippen LogP contribution in [0.1, 0.15) is 28.8 Å². The van der Waals surface area contributed by atoms with Gasteiger partial charge >= 0.3 is 0 Å². The SMILES string of the molecule is COCCN(CC1CN(Cc2sccc2C)CC1c1ccc(F)cc1)C(C)=O. The molecule has 2 atom stereocenters. The second-order valence-electron chi connectivity index (χ2n) is 7.60. The third-order valence-electron chi connectivity index (χ3n) is 5.62. The number of hydrogen-bond acceptors (Lipinski definition) is 4. The van der Waals surface area contributed by atoms with Crippen LogP contribution in [0.15, 0.2) is 35.7 Å². The summed E-state index contributed by atoms with van der Waals surface area (Å²) in [4.78, 5) is 17.9. The molecule has 2 unspecified atom stereocenters. The van der Waals surface area contributed by atoms with E-state index in [1.807, 2.05) is 17.0 Å². The van der Waals surface area contributed by atoms with E-state index in [1.165, 1.54) is 22.6 Å². The van der Waals surface area contributed by atoms with Crippen molar-refractivity contribution in [3.63, 3.8) is 0 Å². The van der Waals surface area contributed by atoms with Gasteiger partial charge in [-0.25, -0.2) is 4.39 Å². The lowest BCUT2D eigenvalue weighted by atomic mass is 9.88. The van der Waals surface area contributed by atoms with Crippen molar-refractivity contribution in [3.05, 3.63) is 57.5 Å². The molecule has 0 radical (unpaired) electrons. The fraction of sp³-hybridized carbons (Fsp3) is 0.500. The molecule has 0 saturated carbocycles. The number of aryl methyl sites for hydroxylation is 1. The zero-order valence-electron chi connectivity index (χ0n) is 16.9. The predicted octanol–water partition coefficient (Wildman–Crippen LogP) is 3.91. The van der Waals surface area contributed by atoms with E-state index in [4.69, 9.17) is 4.74 Å². The van der Waals surface area contributed by atoms with Crippen LogP contribution in [-0.4, -0.2) is 55.6 Å². The first-order valence-corrected chi connectivity index (χ1v) is 10.6. The molecule has 1 aromatic carbocycles. The maximum atomic E-state index is 13.4. The fourth-order valence-electron chi connectivity index (χ4n) is 3.99. The van der Waals surface area contributed by atoms with E-state index >= 15 is 0 Å². The summed E-state index contributed by atoms with van der Waals surface area (Å²) in [5, 5.41) is 2.14. The number of hydrogen-bond donors (Lipinski definition) is 0. The van der Waals surface area contributed by atoms with Crippen LogP contribution in [0, 0.1) is 18.7 Å². The lowest BCUT2D eigenvalue weighted by Crippen LogP contribution is -2.38. The van der Waals surface area contributed by atoms with Crippen LogP contribution >= 0.6 is 11.3 Å². The topological polar surface area (TPSA) is 32.8 Å². The number of halogens is 1. The third kappa shape index (κ3) is 5.19. The van der Waals surface area contributed by atoms with Crippen molar-refractivity contribution < 1.29 is 13.9 Å². The molecule has 0 spiro atoms. The first-order chi connectivity index (χ1) is 13.5. The molecular formula is C22H29FN2O2S. The highest BCUT2D eigenvalue weighted by Crippen LogP contribution is 2.35. The minimum Gasteiger partial charge on any atom is -0.383 e. The van der Waals surface area contributed by atoms with Gasteiger partial charge in [-0.1, -0.05) is 12.1 Å². The van der Waals surface area contributed by atoms with Gasteiger partial charge < -0.3 is 9.64 Å². The van der Waals surface area contributed by atoms with E-state index in [2.05, 4.69) is 23.3 Å². The van der Waals surface area contributed by atoms with Gasteiger partial charge in [0, 0.05) is 57.6 Å². The maximum absolute atomic E-state index is 13.4. The summed E-state index contributed by atoms with van der Waals surface area (Å²) in [5.74, 6) is 0.453. The van der Waals surface area contributed by atoms with Crippen molar-refractivity contribution in [2.45, 2.75) is 26.3 Å². The van der Waals surface area contributed by atoms with Gasteiger partial charge in [-0.2, -0.15) is 0 Å². The Labute approximate surface area is 170 Å². The van der Waals surface area contributed by atoms with E-state index in [0.717, 1.165) is 25.2 Å². The van der Waals surface area contributed by atoms with Gasteiger partial charge in [0.2, 0.25) is 5.91 Å². The maximum Gasteiger partial charge on any atom is 0.219 e. The van der Waals surface area contributed by atoms with Crippen LogP contribution in [0.3, 0.4) is 0 Å². The Morgan fingerprint density at radius 3 is 2.64 bits per heavy atom. The van der Waals surface area contributed by atoms with Crippen LogP contribution in [-0.2, 0) is 16.1 Å². The molecule has 4 nitrogen and oxygen atoms in total. The van der Waals surface area contributed by atoms with Gasteiger partial charge in [-0.05, 0) is 47.5 Å². The number of methoxy groups -OCH3 is 1. The highest BCUT2D eigenvalue weighted by Gasteiger charge is 2.35. The molecule has 0 bridgehead atoms. The zero-order chi connectivity index (χ0) is 20.1. The molecule has 1 saturated heterocycles. The quantitative estimate of drug-likeness (QED) is 0.669. The second kappa shape index (κ2) is 9.63. The Morgan fingerprint density at radius 2 is 2.04 bits per heavy atom. The number of nitrogens with zero attached hydrogens (tertiary/aromatic N) is 2. The standard InChI is InChI=1S/C22H29FN2O2S/c1-16-8-11-28-22(16)15-24-12-19(13-25(17(2)26)9-10-27-3)21(14-24)18-4-6-20(23)7-5-18/h4-8,11,19,21H,9-10,12-15H2,1-3H3. The van der Waals surface area contributed by atoms with Gasteiger partial charge in [-0.15, -0.1) is 11.3 Å². The number of rotatable bonds is 8. The van der Waals surface area contributed by atoms with E-state index in [1.54, 1.807) is 25.4 Å². The summed E-state index contributed by atoms with van der Waals surface area (Å²) in [6.07, 6.45) is 0. The van der Waals surface area contributed by atoms with Crippen molar-refractivity contribution in [2.75, 3.05) is 39.9 Å². The molecule has 152 valence electrons. The molecule has 1 aliphatic heterocycles. The van der Waals surface area contributed by atoms with Gasteiger partial charge in [-0.3, -0.25) is 9.69 Å². The van der Waals surface area contributed by atoms with Crippen LogP contribution in [0.25, 0.3) is 0 Å². The normalized spacial score (nSPS) is 19.9. The molecule has 1 aliphatic rings. The van der Waals surface area contributed by atoms with Crippen molar-refractivity contribution >= 4 is 17.2 Å². The molecule has 0 aliphatic carbocycles. The minimum atomic E-state index is -0.213. The number of carbonyl (C=O) groups excluding carboxylic acids is 1. The van der Waals surface area contributed by atoms with Gasteiger partial charge in [0.25, 0.3) is 0 Å². The molecule has 3 rings (SSSR count). The molecule has 2 aromatic rings. The largest absolute Gasteiger partial charge is 0.383 e. The van der Waals surface area contributed by atoms with Crippen LogP contribution in [0.4, 0.5) is 4.39 Å². The lowest BCUT2D eigenvalue weighted by Gasteiger charge is -2.27. The Balaban J connectivity index is 1.77. The van der Waals surface area contributed by atoms with Crippen molar-refractivity contribution in [1.29, 1.82) is 0 Å². The highest BCUT2D eigenvalue weighted by atomic mass is 32.1. The summed E-state index contributed by atoms with van der Waals surface area (Å²) in [6.45, 7) is 8.37. The molecule has 6 heteroatoms. The summed E-state index contributed by atoms with van der Waals surface area (Å²) in [5.41, 5.74) is 2.48. The average Bonchev–Trinajstić information content (AvgIpc) is 3.25. The van der Waals surface area contributed by atoms with E-state index in [0.29, 0.717) is 25.6 Å². The Hall–Kier alpha value is -1.76. The van der Waals surface area contributed by atoms with Gasteiger partial charge in [0.1, 0.15) is 5.82 Å². The highest BCUT2D eigenvalue weighted by molar-refractivity contribution is 7.10. The average molecular weight is 405 g/mol. The molecular weight excluding hydrogens is 375 g/mol. The minimum absolute atomic E-state index is 0.0717. The van der Waals surface area contributed by atoms with E-state index in [9.17, 15) is 9.18 Å². The molecule has 1 fully saturated rings. The van der Waals surface area contributed by atoms with Crippen molar-refractivity contribution in [3.8, 4) is 0 Å². The summed E-state index contributed by atoms with van der Waals surface area (Å²) >= 11 is 1.79. The van der Waals surface area contributed by atoms with Gasteiger partial charge in [0.05, 0.1) is 6.61 Å². The third-order valence-corrected chi connectivity index (χ3v) is 6.62. The second-order valence-corrected chi connectivity index (χ2v) is 8.60. The monoisotopic (exact) mass is 404 g/mol. The number of likely N-dealkylation sites (tertiary alicyclic amines) is 1. The zero-order valence-corrected chi connectivity index (χ0v) is 17.7. The van der Waals surface area contributed by atoms with E-state index < -0.39 is 0 Å². The Morgan fingerprint density at radius 1 is 1.29 bits per heavy atom. The van der Waals surface area contributed by atoms with Crippen LogP contribution in [0.2, 0.25) is 0 Å². The predicted molar refractivity (Wildman–Crippen MR) is 111 cm³/mol. The smallest absolute Gasteiger partial charge is 0.219 e. The molecule has 1 aromatic heterocycles. The van der Waals surface area contributed by atoms with Crippen LogP contribution < -0.4 is 0 Å². The fourth-order valence-corrected chi connectivity index (χ4v) is 4.94. The van der Waals surface area contributed by atoms with Crippen LogP contribution in [0.5, 0.6) is 0 Å². The number of amides is 1. The summed E-state index contributed by atoms with van der Waals surface area (Å²) < 4.78 is 18.6. The van der Waals surface area contributed by atoms with Gasteiger partial charge in [0.15, 0.2) is 0 Å². The molecule has 2 heterocycles. The molecule has 0 N–H and O–H groups in total. The molecule has 1 amide bonds. The number of carbonyl (C=O) groups is 1. The summed E-state index contributed by atoms with van der Waals surface area (Å²) in [6, 6.07) is 9.01. The lowest BCUT2D eigenvalue weighted by molar-refractivity contribution is -0.130. The summed E-state index contributed by atoms with van der Waals surface area (Å²) in [7, 11) is 1.65. The first kappa shape index (κ1) is 21.0. The van der Waals surface area contributed by atoms with Crippen molar-refractivity contribution in [2.24, 2.45) is 5.92 Å². The Kier molecular flexibility index (Phi) is 7.21. The van der Waals surface area contributed by atoms with Crippen molar-refractivity contribution in [1.82, 2.24) is 9.80 Å². The number of thiophene rings is 1. The number of ether oxygens (including phenoxy) is 1. The first-order valence-electron chi connectivity index (χ1n) is 9.73. The molecule has 28 heavy (non-hydrogen) atoms. The number of benzene rings is 1.